The topological polar surface area (TPSA) is 127 Å². The van der Waals surface area contributed by atoms with Gasteiger partial charge in [0.25, 0.3) is 0 Å². The van der Waals surface area contributed by atoms with Crippen LogP contribution in [0.25, 0.3) is 11.1 Å². The summed E-state index contributed by atoms with van der Waals surface area (Å²) in [5.41, 5.74) is 3.48. The Morgan fingerprint density at radius 1 is 0.842 bits per heavy atom. The van der Waals surface area contributed by atoms with E-state index >= 15 is 0 Å². The molecule has 4 rings (SSSR count). The highest BCUT2D eigenvalue weighted by atomic mass is 31.2. The third-order valence-corrected chi connectivity index (χ3v) is 7.69. The molecule has 3 aromatic carbocycles. The lowest BCUT2D eigenvalue weighted by molar-refractivity contribution is -0.142. The first kappa shape index (κ1) is 27.6. The molecule has 1 saturated carbocycles. The monoisotopic (exact) mass is 536 g/mol. The molecular weight excluding hydrogens is 503 g/mol. The van der Waals surface area contributed by atoms with Gasteiger partial charge in [-0.15, -0.1) is 0 Å². The molecule has 1 atom stereocenters. The summed E-state index contributed by atoms with van der Waals surface area (Å²) < 4.78 is 12.2. The van der Waals surface area contributed by atoms with Crippen LogP contribution in [0.1, 0.15) is 31.2 Å². The molecule has 1 aliphatic rings. The fraction of sp³-hybridized carbons (Fsp3) is 0.310. The quantitative estimate of drug-likeness (QED) is 0.278. The van der Waals surface area contributed by atoms with Crippen LogP contribution in [0.2, 0.25) is 0 Å². The van der Waals surface area contributed by atoms with E-state index < -0.39 is 31.8 Å². The molecule has 1 fully saturated rings. The summed E-state index contributed by atoms with van der Waals surface area (Å²) in [6, 6.07) is 25.4. The molecule has 0 saturated heterocycles. The van der Waals surface area contributed by atoms with Crippen LogP contribution < -0.4 is 10.2 Å². The second kappa shape index (κ2) is 12.4. The van der Waals surface area contributed by atoms with E-state index in [2.05, 4.69) is 5.32 Å². The second-order valence-electron chi connectivity index (χ2n) is 9.79. The van der Waals surface area contributed by atoms with Crippen molar-refractivity contribution < 1.29 is 29.0 Å². The van der Waals surface area contributed by atoms with Crippen molar-refractivity contribution in [2.24, 2.45) is 5.92 Å². The Morgan fingerprint density at radius 2 is 1.39 bits per heavy atom. The van der Waals surface area contributed by atoms with Crippen molar-refractivity contribution in [3.05, 3.63) is 90.5 Å². The third-order valence-electron chi connectivity index (χ3n) is 7.02. The van der Waals surface area contributed by atoms with Gasteiger partial charge in [-0.3, -0.25) is 14.2 Å². The van der Waals surface area contributed by atoms with Gasteiger partial charge < -0.3 is 25.1 Å². The maximum absolute atomic E-state index is 13.7. The van der Waals surface area contributed by atoms with E-state index in [1.165, 1.54) is 4.90 Å². The smallest absolute Gasteiger partial charge is 0.344 e. The maximum atomic E-state index is 13.7. The molecule has 0 unspecified atom stereocenters. The lowest BCUT2D eigenvalue weighted by atomic mass is 9.86. The summed E-state index contributed by atoms with van der Waals surface area (Å²) in [4.78, 5) is 46.3. The normalized spacial score (nSPS) is 18.4. The first-order valence-corrected chi connectivity index (χ1v) is 14.5. The van der Waals surface area contributed by atoms with E-state index in [9.17, 15) is 29.0 Å². The van der Waals surface area contributed by atoms with Crippen LogP contribution in [0.3, 0.4) is 0 Å². The summed E-state index contributed by atoms with van der Waals surface area (Å²) >= 11 is 0. The summed E-state index contributed by atoms with van der Waals surface area (Å²) in [6.07, 6.45) is 1.69. The number of para-hydroxylation sites is 1. The highest BCUT2D eigenvalue weighted by Crippen LogP contribution is 2.38. The van der Waals surface area contributed by atoms with Crippen LogP contribution in [0.4, 0.5) is 5.69 Å². The fourth-order valence-electron chi connectivity index (χ4n) is 4.99. The fourth-order valence-corrected chi connectivity index (χ4v) is 5.75. The summed E-state index contributed by atoms with van der Waals surface area (Å²) in [6.45, 7) is 0. The zero-order chi connectivity index (χ0) is 27.1. The lowest BCUT2D eigenvalue weighted by Gasteiger charge is -2.35. The highest BCUT2D eigenvalue weighted by molar-refractivity contribution is 7.51. The number of anilines is 1. The van der Waals surface area contributed by atoms with Crippen LogP contribution in [-0.2, 0) is 20.6 Å². The average Bonchev–Trinajstić information content (AvgIpc) is 2.91. The minimum Gasteiger partial charge on any atom is -0.481 e. The number of nitrogens with one attached hydrogen (secondary N) is 1. The highest BCUT2D eigenvalue weighted by Gasteiger charge is 2.34. The molecule has 0 radical (unpaired) electrons. The van der Waals surface area contributed by atoms with Crippen molar-refractivity contribution in [1.29, 1.82) is 0 Å². The summed E-state index contributed by atoms with van der Waals surface area (Å²) in [5, 5.41) is 12.3. The van der Waals surface area contributed by atoms with Crippen molar-refractivity contribution in [3.63, 3.8) is 0 Å². The van der Waals surface area contributed by atoms with Crippen molar-refractivity contribution >= 4 is 25.2 Å². The molecule has 8 nitrogen and oxygen atoms in total. The predicted octanol–water partition coefficient (Wildman–Crippen LogP) is 4.67. The van der Waals surface area contributed by atoms with Crippen molar-refractivity contribution in [2.75, 3.05) is 11.2 Å². The minimum absolute atomic E-state index is 0.186. The molecule has 0 aromatic heterocycles. The van der Waals surface area contributed by atoms with E-state index in [1.54, 1.807) is 30.3 Å². The molecule has 200 valence electrons. The van der Waals surface area contributed by atoms with E-state index in [1.807, 2.05) is 54.6 Å². The molecule has 0 heterocycles. The summed E-state index contributed by atoms with van der Waals surface area (Å²) in [7, 11) is -4.51. The zero-order valence-corrected chi connectivity index (χ0v) is 21.9. The number of carboxylic acids is 1. The molecule has 0 spiro atoms. The van der Waals surface area contributed by atoms with Crippen LogP contribution in [0.15, 0.2) is 84.9 Å². The molecule has 3 aromatic rings. The summed E-state index contributed by atoms with van der Waals surface area (Å²) in [5.74, 6) is -1.56. The van der Waals surface area contributed by atoms with Gasteiger partial charge in [-0.25, -0.2) is 0 Å². The molecule has 9 heteroatoms. The molecule has 1 aliphatic carbocycles. The Balaban J connectivity index is 1.60. The van der Waals surface area contributed by atoms with E-state index in [0.29, 0.717) is 31.4 Å². The van der Waals surface area contributed by atoms with Crippen LogP contribution >= 0.6 is 7.60 Å². The van der Waals surface area contributed by atoms with Gasteiger partial charge in [-0.2, -0.15) is 0 Å². The van der Waals surface area contributed by atoms with Gasteiger partial charge >= 0.3 is 13.6 Å². The lowest BCUT2D eigenvalue weighted by Crippen LogP contribution is -2.52. The zero-order valence-electron chi connectivity index (χ0n) is 21.0. The number of aliphatic carboxylic acids is 1. The number of rotatable bonds is 10. The van der Waals surface area contributed by atoms with Gasteiger partial charge in [0, 0.05) is 18.2 Å². The van der Waals surface area contributed by atoms with Crippen LogP contribution in [0.5, 0.6) is 0 Å². The van der Waals surface area contributed by atoms with Crippen molar-refractivity contribution in [1.82, 2.24) is 5.32 Å². The Kier molecular flexibility index (Phi) is 9.00. The number of hydrogen-bond acceptors (Lipinski definition) is 4. The van der Waals surface area contributed by atoms with Gasteiger partial charge in [0.1, 0.15) is 12.3 Å². The second-order valence-corrected chi connectivity index (χ2v) is 11.4. The Labute approximate surface area is 222 Å². The number of hydrogen-bond donors (Lipinski definition) is 4. The number of carbonyl (C=O) groups is 2. The molecule has 0 bridgehead atoms. The minimum atomic E-state index is -4.51. The Morgan fingerprint density at radius 3 is 1.95 bits per heavy atom. The molecular formula is C29H33N2O6P. The molecule has 4 N–H and O–H groups in total. The Bertz CT molecular complexity index is 1260. The Hall–Kier alpha value is -3.45. The van der Waals surface area contributed by atoms with E-state index in [0.717, 1.165) is 16.7 Å². The van der Waals surface area contributed by atoms with Crippen LogP contribution in [0, 0.1) is 5.92 Å². The van der Waals surface area contributed by atoms with Crippen LogP contribution in [-0.4, -0.2) is 45.1 Å². The maximum Gasteiger partial charge on any atom is 0.344 e. The predicted molar refractivity (Wildman–Crippen MR) is 147 cm³/mol. The average molecular weight is 537 g/mol. The van der Waals surface area contributed by atoms with E-state index in [-0.39, 0.29) is 18.4 Å². The number of nitrogens with zero attached hydrogens (tertiary/aromatic N) is 1. The number of amides is 1. The molecule has 1 amide bonds. The first-order chi connectivity index (χ1) is 18.2. The molecule has 38 heavy (non-hydrogen) atoms. The largest absolute Gasteiger partial charge is 0.481 e. The van der Waals surface area contributed by atoms with Gasteiger partial charge in [0.05, 0.1) is 5.92 Å². The first-order valence-electron chi connectivity index (χ1n) is 12.7. The van der Waals surface area contributed by atoms with Gasteiger partial charge in [0.15, 0.2) is 0 Å². The standard InChI is InChI=1S/C29H33N2O6P/c32-28(30-25-17-15-24(16-18-25)29(33)34)27(31(20-38(35,36)37)26-9-5-2-6-10-26)19-21-11-13-23(14-12-21)22-7-3-1-4-8-22/h1-14,24-25,27H,15-20H2,(H,30,32)(H,33,34)(H2,35,36,37)/t24?,25?,27-/m0/s1. The third kappa shape index (κ3) is 7.54. The van der Waals surface area contributed by atoms with Gasteiger partial charge in [-0.05, 0) is 54.5 Å². The van der Waals surface area contributed by atoms with Crippen molar-refractivity contribution in [3.8, 4) is 11.1 Å². The number of carboxylic acid groups (broad SMARTS) is 1. The van der Waals surface area contributed by atoms with Crippen molar-refractivity contribution in [2.45, 2.75) is 44.2 Å². The molecule has 0 aliphatic heterocycles. The SMILES string of the molecule is O=C(O)C1CCC(NC(=O)[C@H](Cc2ccc(-c3ccccc3)cc2)N(CP(=O)(O)O)c2ccccc2)CC1. The number of benzene rings is 3. The van der Waals surface area contributed by atoms with Gasteiger partial charge in [-0.1, -0.05) is 72.8 Å². The number of carbonyl (C=O) groups excluding carboxylic acids is 1. The van der Waals surface area contributed by atoms with Gasteiger partial charge in [0.2, 0.25) is 5.91 Å². The van der Waals surface area contributed by atoms with E-state index in [4.69, 9.17) is 0 Å².